The molecule has 2 saturated heterocycles. The quantitative estimate of drug-likeness (QED) is 0.184. The summed E-state index contributed by atoms with van der Waals surface area (Å²) in [6.45, 7) is 8.69. The Morgan fingerprint density at radius 2 is 1.39 bits per heavy atom. The van der Waals surface area contributed by atoms with Crippen molar-refractivity contribution >= 4 is 19.4 Å². The number of benzene rings is 4. The minimum absolute atomic E-state index is 0.00983. The lowest BCUT2D eigenvalue weighted by atomic mass is 9.60. The van der Waals surface area contributed by atoms with Crippen molar-refractivity contribution in [3.8, 4) is 11.1 Å². The van der Waals surface area contributed by atoms with E-state index in [1.165, 1.54) is 27.1 Å². The molecule has 3 aliphatic rings. The van der Waals surface area contributed by atoms with E-state index in [9.17, 15) is 5.11 Å². The Morgan fingerprint density at radius 1 is 0.776 bits per heavy atom. The molecule has 4 aromatic rings. The molecule has 3 fully saturated rings. The van der Waals surface area contributed by atoms with E-state index in [0.717, 1.165) is 38.7 Å². The Balaban J connectivity index is 1.26. The first kappa shape index (κ1) is 34.4. The average Bonchev–Trinajstić information content (AvgIpc) is 3.45. The van der Waals surface area contributed by atoms with Crippen molar-refractivity contribution < 1.29 is 23.7 Å². The van der Waals surface area contributed by atoms with Gasteiger partial charge in [-0.1, -0.05) is 136 Å². The lowest BCUT2D eigenvalue weighted by molar-refractivity contribution is -0.236. The van der Waals surface area contributed by atoms with Crippen LogP contribution in [0.2, 0.25) is 0 Å². The standard InChI is InChI=1S/C43H52O5Si/c1-42(2,3)40-36-29-46-41(44)37(30-47-49(34-17-9-5-10-18-34)35-19-11-6-12-20-35)43(36,28-38(40)48-39-21-13-14-26-45-39)27-31-22-24-33(25-23-31)32-15-7-4-8-16-32/h4-12,15-20,22-25,36-41,44,49H,13-14,21,26-30H2,1-3H3/t36-,37?,38-,39?,40-,41?,43+/m1/s1. The number of ether oxygens (including phenoxy) is 3. The van der Waals surface area contributed by atoms with Crippen molar-refractivity contribution in [2.24, 2.45) is 28.6 Å². The summed E-state index contributed by atoms with van der Waals surface area (Å²) in [6, 6.07) is 40.8. The number of rotatable bonds is 10. The molecule has 6 heteroatoms. The minimum Gasteiger partial charge on any atom is -0.410 e. The summed E-state index contributed by atoms with van der Waals surface area (Å²) in [7, 11) is -2.06. The Morgan fingerprint density at radius 3 is 1.98 bits per heavy atom. The second-order valence-corrected chi connectivity index (χ2v) is 17.9. The second-order valence-electron chi connectivity index (χ2n) is 15.5. The van der Waals surface area contributed by atoms with Gasteiger partial charge < -0.3 is 23.7 Å². The first-order valence-corrected chi connectivity index (χ1v) is 19.9. The van der Waals surface area contributed by atoms with Gasteiger partial charge >= 0.3 is 0 Å². The van der Waals surface area contributed by atoms with Gasteiger partial charge in [0.1, 0.15) is 0 Å². The lowest BCUT2D eigenvalue weighted by Gasteiger charge is -2.51. The third-order valence-electron chi connectivity index (χ3n) is 11.4. The molecule has 0 bridgehead atoms. The van der Waals surface area contributed by atoms with Gasteiger partial charge in [0.25, 0.3) is 0 Å². The van der Waals surface area contributed by atoms with Crippen LogP contribution in [0.3, 0.4) is 0 Å². The molecule has 0 aromatic heterocycles. The summed E-state index contributed by atoms with van der Waals surface area (Å²) in [6.07, 6.45) is 3.68. The van der Waals surface area contributed by atoms with Crippen molar-refractivity contribution in [3.05, 3.63) is 121 Å². The number of aliphatic hydroxyl groups excluding tert-OH is 1. The SMILES string of the molecule is CC(C)(C)[C@@H]1[C@H]2COC(O)C(CO[SiH](c3ccccc3)c3ccccc3)[C@@]2(Cc2ccc(-c3ccccc3)cc2)C[C@H]1OC1CCCCO1. The zero-order valence-electron chi connectivity index (χ0n) is 29.2. The number of aliphatic hydroxyl groups is 1. The molecule has 0 amide bonds. The van der Waals surface area contributed by atoms with Gasteiger partial charge in [0, 0.05) is 19.1 Å². The molecule has 0 spiro atoms. The summed E-state index contributed by atoms with van der Waals surface area (Å²) >= 11 is 0. The van der Waals surface area contributed by atoms with Gasteiger partial charge in [0.05, 0.1) is 12.7 Å². The molecule has 5 nitrogen and oxygen atoms in total. The maximum Gasteiger partial charge on any atom is 0.239 e. The van der Waals surface area contributed by atoms with Crippen LogP contribution in [0.25, 0.3) is 11.1 Å². The number of hydrogen-bond donors (Lipinski definition) is 1. The van der Waals surface area contributed by atoms with Crippen LogP contribution in [0.5, 0.6) is 0 Å². The monoisotopic (exact) mass is 676 g/mol. The highest BCUT2D eigenvalue weighted by Gasteiger charge is 2.63. The smallest absolute Gasteiger partial charge is 0.239 e. The highest BCUT2D eigenvalue weighted by Crippen LogP contribution is 2.62. The molecular formula is C43H52O5Si. The zero-order valence-corrected chi connectivity index (χ0v) is 30.4. The molecular weight excluding hydrogens is 625 g/mol. The average molecular weight is 677 g/mol. The molecule has 0 radical (unpaired) electrons. The summed E-state index contributed by atoms with van der Waals surface area (Å²) < 4.78 is 26.6. The third kappa shape index (κ3) is 7.51. The van der Waals surface area contributed by atoms with Gasteiger partial charge in [-0.25, -0.2) is 0 Å². The fourth-order valence-electron chi connectivity index (χ4n) is 9.12. The summed E-state index contributed by atoms with van der Waals surface area (Å²) in [5.74, 6) is 0.182. The van der Waals surface area contributed by atoms with E-state index in [1.54, 1.807) is 0 Å². The summed E-state index contributed by atoms with van der Waals surface area (Å²) in [4.78, 5) is 0. The van der Waals surface area contributed by atoms with Crippen LogP contribution in [-0.2, 0) is 25.1 Å². The molecule has 3 unspecified atom stereocenters. The van der Waals surface area contributed by atoms with E-state index < -0.39 is 15.3 Å². The molecule has 49 heavy (non-hydrogen) atoms. The maximum atomic E-state index is 11.9. The van der Waals surface area contributed by atoms with Gasteiger partial charge in [-0.2, -0.15) is 0 Å². The molecule has 1 saturated carbocycles. The van der Waals surface area contributed by atoms with Crippen molar-refractivity contribution in [3.63, 3.8) is 0 Å². The predicted octanol–water partition coefficient (Wildman–Crippen LogP) is 7.00. The first-order valence-electron chi connectivity index (χ1n) is 18.2. The summed E-state index contributed by atoms with van der Waals surface area (Å²) in [5, 5.41) is 14.3. The lowest BCUT2D eigenvalue weighted by Crippen LogP contribution is -2.55. The molecule has 1 aliphatic carbocycles. The van der Waals surface area contributed by atoms with E-state index in [-0.39, 0.29) is 41.0 Å². The van der Waals surface area contributed by atoms with E-state index in [4.69, 9.17) is 18.6 Å². The van der Waals surface area contributed by atoms with E-state index in [2.05, 4.69) is 136 Å². The van der Waals surface area contributed by atoms with Crippen LogP contribution in [0.4, 0.5) is 0 Å². The van der Waals surface area contributed by atoms with Crippen LogP contribution < -0.4 is 10.4 Å². The molecule has 2 heterocycles. The first-order chi connectivity index (χ1) is 23.8. The maximum absolute atomic E-state index is 11.9. The molecule has 7 rings (SSSR count). The Kier molecular flexibility index (Phi) is 10.5. The van der Waals surface area contributed by atoms with Crippen LogP contribution >= 0.6 is 0 Å². The van der Waals surface area contributed by atoms with Crippen molar-refractivity contribution in [2.45, 2.75) is 71.6 Å². The fourth-order valence-corrected chi connectivity index (χ4v) is 11.4. The zero-order chi connectivity index (χ0) is 33.8. The van der Waals surface area contributed by atoms with Crippen LogP contribution in [0.1, 0.15) is 52.0 Å². The molecule has 1 N–H and O–H groups in total. The molecule has 7 atom stereocenters. The second kappa shape index (κ2) is 15.0. The third-order valence-corrected chi connectivity index (χ3v) is 13.9. The van der Waals surface area contributed by atoms with E-state index in [0.29, 0.717) is 13.2 Å². The van der Waals surface area contributed by atoms with Gasteiger partial charge in [-0.15, -0.1) is 0 Å². The topological polar surface area (TPSA) is 57.2 Å². The van der Waals surface area contributed by atoms with Crippen LogP contribution in [-0.4, -0.2) is 52.7 Å². The van der Waals surface area contributed by atoms with Gasteiger partial charge in [0.15, 0.2) is 12.6 Å². The Hall–Kier alpha value is -3.10. The van der Waals surface area contributed by atoms with Crippen molar-refractivity contribution in [1.29, 1.82) is 0 Å². The van der Waals surface area contributed by atoms with Crippen LogP contribution in [0.15, 0.2) is 115 Å². The predicted molar refractivity (Wildman–Crippen MR) is 198 cm³/mol. The van der Waals surface area contributed by atoms with Gasteiger partial charge in [0.2, 0.25) is 9.04 Å². The van der Waals surface area contributed by atoms with E-state index >= 15 is 0 Å². The highest BCUT2D eigenvalue weighted by molar-refractivity contribution is 6.80. The van der Waals surface area contributed by atoms with Gasteiger partial charge in [-0.05, 0) is 81.8 Å². The number of fused-ring (bicyclic) bond motifs is 1. The van der Waals surface area contributed by atoms with Crippen molar-refractivity contribution in [2.75, 3.05) is 19.8 Å². The molecule has 258 valence electrons. The number of hydrogen-bond acceptors (Lipinski definition) is 5. The Labute approximate surface area is 294 Å². The minimum atomic E-state index is -2.06. The fraction of sp³-hybridized carbons (Fsp3) is 0.442. The Bertz CT molecular complexity index is 1560. The molecule has 2 aliphatic heterocycles. The summed E-state index contributed by atoms with van der Waals surface area (Å²) in [5.41, 5.74) is 3.36. The van der Waals surface area contributed by atoms with Crippen molar-refractivity contribution in [1.82, 2.24) is 0 Å². The largest absolute Gasteiger partial charge is 0.410 e. The van der Waals surface area contributed by atoms with E-state index in [1.807, 2.05) is 0 Å². The van der Waals surface area contributed by atoms with Crippen LogP contribution in [0, 0.1) is 28.6 Å². The highest BCUT2D eigenvalue weighted by atomic mass is 28.3. The van der Waals surface area contributed by atoms with Gasteiger partial charge in [-0.3, -0.25) is 0 Å². The normalized spacial score (nSPS) is 28.8. The molecule has 4 aromatic carbocycles.